The second kappa shape index (κ2) is 2.75. The summed E-state index contributed by atoms with van der Waals surface area (Å²) >= 11 is 6.93. The predicted octanol–water partition coefficient (Wildman–Crippen LogP) is 2.28. The molecule has 0 spiro atoms. The van der Waals surface area contributed by atoms with E-state index in [0.29, 0.717) is 6.04 Å². The van der Waals surface area contributed by atoms with Crippen LogP contribution >= 0.6 is 31.9 Å². The zero-order valence-electron chi connectivity index (χ0n) is 5.64. The number of halogens is 2. The molecule has 0 saturated heterocycles. The number of nitrogens with one attached hydrogen (secondary N) is 1. The molecule has 1 unspecified atom stereocenters. The van der Waals surface area contributed by atoms with Crippen LogP contribution in [0.4, 0.5) is 0 Å². The van der Waals surface area contributed by atoms with Crippen LogP contribution in [0.25, 0.3) is 0 Å². The summed E-state index contributed by atoms with van der Waals surface area (Å²) < 4.78 is 2.30. The van der Waals surface area contributed by atoms with Gasteiger partial charge in [0.25, 0.3) is 0 Å². The summed E-state index contributed by atoms with van der Waals surface area (Å²) in [6.07, 6.45) is 4.77. The maximum absolute atomic E-state index is 4.25. The van der Waals surface area contributed by atoms with Crippen LogP contribution in [0, 0.1) is 0 Å². The lowest BCUT2D eigenvalue weighted by molar-refractivity contribution is 0.778. The Bertz CT molecular complexity index is 278. The van der Waals surface area contributed by atoms with Crippen molar-refractivity contribution >= 4 is 38.2 Å². The number of hydrogen-bond acceptors (Lipinski definition) is 2. The van der Waals surface area contributed by atoms with Gasteiger partial charge >= 0.3 is 0 Å². The van der Waals surface area contributed by atoms with Crippen molar-refractivity contribution in [3.63, 3.8) is 0 Å². The van der Waals surface area contributed by atoms with Gasteiger partial charge in [-0.25, -0.2) is 0 Å². The number of hydrogen-bond donors (Lipinski definition) is 1. The van der Waals surface area contributed by atoms with Crippen molar-refractivity contribution in [2.24, 2.45) is 4.99 Å². The molecular weight excluding hydrogens is 272 g/mol. The van der Waals surface area contributed by atoms with Crippen LogP contribution in [-0.4, -0.2) is 12.4 Å². The monoisotopic (exact) mass is 276 g/mol. The SMILES string of the molecule is BrC1=C(Br)CC2N=CNC2=C1. The highest BCUT2D eigenvalue weighted by Crippen LogP contribution is 2.33. The van der Waals surface area contributed by atoms with E-state index in [0.717, 1.165) is 10.9 Å². The average molecular weight is 278 g/mol. The first-order valence-electron chi connectivity index (χ1n) is 3.31. The lowest BCUT2D eigenvalue weighted by Gasteiger charge is -2.15. The average Bonchev–Trinajstić information content (AvgIpc) is 2.36. The molecule has 0 aromatic heterocycles. The molecule has 0 aromatic carbocycles. The molecular formula is C7H6Br2N2. The van der Waals surface area contributed by atoms with Gasteiger partial charge in [-0.3, -0.25) is 4.99 Å². The second-order valence-electron chi connectivity index (χ2n) is 2.49. The third-order valence-corrected chi connectivity index (χ3v) is 3.75. The van der Waals surface area contributed by atoms with Crippen LogP contribution < -0.4 is 5.32 Å². The van der Waals surface area contributed by atoms with Crippen LogP contribution in [0.2, 0.25) is 0 Å². The van der Waals surface area contributed by atoms with Gasteiger partial charge in [-0.2, -0.15) is 0 Å². The van der Waals surface area contributed by atoms with Gasteiger partial charge in [0.2, 0.25) is 0 Å². The van der Waals surface area contributed by atoms with E-state index in [1.165, 1.54) is 10.2 Å². The van der Waals surface area contributed by atoms with E-state index in [4.69, 9.17) is 0 Å². The number of allylic oxidation sites excluding steroid dienone is 2. The summed E-state index contributed by atoms with van der Waals surface area (Å²) in [5.74, 6) is 0. The van der Waals surface area contributed by atoms with E-state index >= 15 is 0 Å². The van der Waals surface area contributed by atoms with Crippen molar-refractivity contribution < 1.29 is 0 Å². The van der Waals surface area contributed by atoms with Gasteiger partial charge in [0.1, 0.15) is 0 Å². The molecule has 1 aliphatic heterocycles. The minimum Gasteiger partial charge on any atom is -0.348 e. The number of nitrogens with zero attached hydrogens (tertiary/aromatic N) is 1. The lowest BCUT2D eigenvalue weighted by Crippen LogP contribution is -2.15. The van der Waals surface area contributed by atoms with Gasteiger partial charge in [0.05, 0.1) is 12.4 Å². The van der Waals surface area contributed by atoms with Gasteiger partial charge in [-0.15, -0.1) is 0 Å². The van der Waals surface area contributed by atoms with Crippen LogP contribution in [0.1, 0.15) is 6.42 Å². The summed E-state index contributed by atoms with van der Waals surface area (Å²) in [4.78, 5) is 4.25. The topological polar surface area (TPSA) is 24.4 Å². The van der Waals surface area contributed by atoms with Gasteiger partial charge in [-0.05, 0) is 22.0 Å². The molecule has 4 heteroatoms. The van der Waals surface area contributed by atoms with Gasteiger partial charge in [-0.1, -0.05) is 15.9 Å². The van der Waals surface area contributed by atoms with E-state index in [9.17, 15) is 0 Å². The molecule has 11 heavy (non-hydrogen) atoms. The van der Waals surface area contributed by atoms with Crippen molar-refractivity contribution in [3.05, 3.63) is 20.7 Å². The van der Waals surface area contributed by atoms with Crippen LogP contribution in [-0.2, 0) is 0 Å². The standard InChI is InChI=1S/C7H6Br2N2/c8-4-1-6-7(2-5(4)9)11-3-10-6/h1,3,7H,2H2,(H,10,11). The molecule has 2 aliphatic rings. The Morgan fingerprint density at radius 3 is 3.18 bits per heavy atom. The largest absolute Gasteiger partial charge is 0.348 e. The molecule has 2 rings (SSSR count). The highest BCUT2D eigenvalue weighted by atomic mass is 79.9. The molecule has 0 saturated carbocycles. The first kappa shape index (κ1) is 7.55. The molecule has 0 aromatic rings. The highest BCUT2D eigenvalue weighted by molar-refractivity contribution is 9.14. The fourth-order valence-electron chi connectivity index (χ4n) is 1.16. The van der Waals surface area contributed by atoms with Crippen LogP contribution in [0.5, 0.6) is 0 Å². The van der Waals surface area contributed by atoms with E-state index < -0.39 is 0 Å². The molecule has 1 N–H and O–H groups in total. The van der Waals surface area contributed by atoms with Crippen LogP contribution in [0.15, 0.2) is 25.7 Å². The summed E-state index contributed by atoms with van der Waals surface area (Å²) in [7, 11) is 0. The Labute approximate surface area is 81.7 Å². The first-order chi connectivity index (χ1) is 5.27. The molecule has 0 fully saturated rings. The first-order valence-corrected chi connectivity index (χ1v) is 4.90. The van der Waals surface area contributed by atoms with Crippen molar-refractivity contribution in [2.75, 3.05) is 0 Å². The van der Waals surface area contributed by atoms with Gasteiger partial charge in [0.15, 0.2) is 0 Å². The zero-order chi connectivity index (χ0) is 7.84. The highest BCUT2D eigenvalue weighted by Gasteiger charge is 2.22. The Balaban J connectivity index is 2.34. The smallest absolute Gasteiger partial charge is 0.0961 e. The van der Waals surface area contributed by atoms with E-state index in [1.54, 1.807) is 6.34 Å². The van der Waals surface area contributed by atoms with Crippen molar-refractivity contribution in [1.82, 2.24) is 5.32 Å². The normalized spacial score (nSPS) is 28.2. The summed E-state index contributed by atoms with van der Waals surface area (Å²) in [6.45, 7) is 0. The lowest BCUT2D eigenvalue weighted by atomic mass is 10.1. The third kappa shape index (κ3) is 1.29. The predicted molar refractivity (Wildman–Crippen MR) is 53.0 cm³/mol. The minimum atomic E-state index is 0.311. The summed E-state index contributed by atoms with van der Waals surface area (Å²) in [5.41, 5.74) is 1.18. The maximum atomic E-state index is 4.25. The fraction of sp³-hybridized carbons (Fsp3) is 0.286. The Morgan fingerprint density at radius 2 is 2.36 bits per heavy atom. The Morgan fingerprint density at radius 1 is 1.55 bits per heavy atom. The summed E-state index contributed by atoms with van der Waals surface area (Å²) in [5, 5.41) is 3.09. The number of fused-ring (bicyclic) bond motifs is 1. The molecule has 58 valence electrons. The summed E-state index contributed by atoms with van der Waals surface area (Å²) in [6, 6.07) is 0.311. The van der Waals surface area contributed by atoms with Crippen LogP contribution in [0.3, 0.4) is 0 Å². The molecule has 0 radical (unpaired) electrons. The number of aliphatic imine (C=N–C) groups is 1. The second-order valence-corrected chi connectivity index (χ2v) is 4.31. The fourth-order valence-corrected chi connectivity index (χ4v) is 1.99. The quantitative estimate of drug-likeness (QED) is 0.722. The zero-order valence-corrected chi connectivity index (χ0v) is 8.81. The van der Waals surface area contributed by atoms with E-state index in [2.05, 4.69) is 48.2 Å². The van der Waals surface area contributed by atoms with Gasteiger partial charge < -0.3 is 5.32 Å². The molecule has 0 bridgehead atoms. The molecule has 1 aliphatic carbocycles. The number of rotatable bonds is 0. The third-order valence-electron chi connectivity index (χ3n) is 1.76. The van der Waals surface area contributed by atoms with Gasteiger partial charge in [0, 0.05) is 21.1 Å². The van der Waals surface area contributed by atoms with E-state index in [1.807, 2.05) is 0 Å². The molecule has 2 nitrogen and oxygen atoms in total. The molecule has 1 atom stereocenters. The maximum Gasteiger partial charge on any atom is 0.0961 e. The van der Waals surface area contributed by atoms with Crippen molar-refractivity contribution in [3.8, 4) is 0 Å². The van der Waals surface area contributed by atoms with E-state index in [-0.39, 0.29) is 0 Å². The minimum absolute atomic E-state index is 0.311. The Hall–Kier alpha value is -0.0900. The molecule has 1 heterocycles. The van der Waals surface area contributed by atoms with Crippen molar-refractivity contribution in [1.29, 1.82) is 0 Å². The van der Waals surface area contributed by atoms with Crippen molar-refractivity contribution in [2.45, 2.75) is 12.5 Å². The Kier molecular flexibility index (Phi) is 1.89. The molecule has 0 amide bonds.